The van der Waals surface area contributed by atoms with Crippen molar-refractivity contribution in [3.05, 3.63) is 35.6 Å². The second kappa shape index (κ2) is 6.47. The number of hydrogen-bond acceptors (Lipinski definition) is 0. The van der Waals surface area contributed by atoms with Crippen LogP contribution in [0.2, 0.25) is 0 Å². The molecule has 20 heavy (non-hydrogen) atoms. The Morgan fingerprint density at radius 1 is 1.20 bits per heavy atom. The topological polar surface area (TPSA) is 0 Å². The lowest BCUT2D eigenvalue weighted by atomic mass is 9.69. The SMILES string of the molecule is CC(C)(C)C1CCC(C(Cl)Cc2cccc(F)c2)CC1. The fourth-order valence-corrected chi connectivity index (χ4v) is 3.83. The van der Waals surface area contributed by atoms with Crippen LogP contribution in [0.3, 0.4) is 0 Å². The highest BCUT2D eigenvalue weighted by Gasteiger charge is 2.32. The molecule has 1 fully saturated rings. The average Bonchev–Trinajstić information content (AvgIpc) is 2.38. The first-order chi connectivity index (χ1) is 9.36. The lowest BCUT2D eigenvalue weighted by Gasteiger charge is -2.38. The summed E-state index contributed by atoms with van der Waals surface area (Å²) in [6, 6.07) is 6.83. The molecular weight excluding hydrogens is 271 g/mol. The summed E-state index contributed by atoms with van der Waals surface area (Å²) in [7, 11) is 0. The van der Waals surface area contributed by atoms with Gasteiger partial charge in [0.2, 0.25) is 0 Å². The van der Waals surface area contributed by atoms with Crippen LogP contribution in [0, 0.1) is 23.1 Å². The maximum Gasteiger partial charge on any atom is 0.123 e. The van der Waals surface area contributed by atoms with E-state index < -0.39 is 0 Å². The summed E-state index contributed by atoms with van der Waals surface area (Å²) >= 11 is 6.59. The molecule has 1 aliphatic rings. The first kappa shape index (κ1) is 15.8. The Labute approximate surface area is 127 Å². The summed E-state index contributed by atoms with van der Waals surface area (Å²) in [4.78, 5) is 0. The molecule has 0 saturated heterocycles. The normalized spacial score (nSPS) is 25.4. The highest BCUT2D eigenvalue weighted by Crippen LogP contribution is 2.41. The first-order valence-corrected chi connectivity index (χ1v) is 8.18. The van der Waals surface area contributed by atoms with Crippen molar-refractivity contribution in [1.29, 1.82) is 0 Å². The Bertz CT molecular complexity index is 427. The molecule has 0 radical (unpaired) electrons. The molecule has 112 valence electrons. The van der Waals surface area contributed by atoms with Crippen LogP contribution in [0.4, 0.5) is 4.39 Å². The molecular formula is C18H26ClF. The minimum atomic E-state index is -0.164. The van der Waals surface area contributed by atoms with Crippen LogP contribution < -0.4 is 0 Å². The van der Waals surface area contributed by atoms with E-state index in [0.29, 0.717) is 11.3 Å². The first-order valence-electron chi connectivity index (χ1n) is 7.75. The molecule has 0 aromatic heterocycles. The van der Waals surface area contributed by atoms with E-state index in [2.05, 4.69) is 20.8 Å². The zero-order valence-electron chi connectivity index (χ0n) is 12.8. The van der Waals surface area contributed by atoms with E-state index in [9.17, 15) is 4.39 Å². The second-order valence-electron chi connectivity index (χ2n) is 7.33. The molecule has 2 heteroatoms. The molecule has 1 saturated carbocycles. The van der Waals surface area contributed by atoms with Crippen LogP contribution in [0.25, 0.3) is 0 Å². The van der Waals surface area contributed by atoms with Crippen molar-refractivity contribution in [2.75, 3.05) is 0 Å². The van der Waals surface area contributed by atoms with Crippen molar-refractivity contribution in [3.8, 4) is 0 Å². The monoisotopic (exact) mass is 296 g/mol. The van der Waals surface area contributed by atoms with Gasteiger partial charge in [0, 0.05) is 5.38 Å². The van der Waals surface area contributed by atoms with Crippen LogP contribution in [0.5, 0.6) is 0 Å². The van der Waals surface area contributed by atoms with Crippen molar-refractivity contribution in [1.82, 2.24) is 0 Å². The van der Waals surface area contributed by atoms with E-state index in [-0.39, 0.29) is 11.2 Å². The molecule has 2 rings (SSSR count). The Kier molecular flexibility index (Phi) is 5.12. The summed E-state index contributed by atoms with van der Waals surface area (Å²) in [5.41, 5.74) is 1.43. The number of hydrogen-bond donors (Lipinski definition) is 0. The van der Waals surface area contributed by atoms with Gasteiger partial charge in [-0.25, -0.2) is 4.39 Å². The molecule has 0 amide bonds. The van der Waals surface area contributed by atoms with E-state index in [4.69, 9.17) is 11.6 Å². The molecule has 1 atom stereocenters. The van der Waals surface area contributed by atoms with E-state index in [0.717, 1.165) is 17.9 Å². The van der Waals surface area contributed by atoms with Gasteiger partial charge in [-0.1, -0.05) is 32.9 Å². The van der Waals surface area contributed by atoms with Gasteiger partial charge < -0.3 is 0 Å². The summed E-state index contributed by atoms with van der Waals surface area (Å²) in [5.74, 6) is 1.23. The van der Waals surface area contributed by atoms with Gasteiger partial charge in [-0.15, -0.1) is 11.6 Å². The largest absolute Gasteiger partial charge is 0.207 e. The van der Waals surface area contributed by atoms with Crippen LogP contribution >= 0.6 is 11.6 Å². The number of alkyl halides is 1. The van der Waals surface area contributed by atoms with E-state index in [1.807, 2.05) is 6.07 Å². The molecule has 1 aromatic carbocycles. The Morgan fingerprint density at radius 2 is 1.85 bits per heavy atom. The van der Waals surface area contributed by atoms with Crippen LogP contribution in [0.15, 0.2) is 24.3 Å². The van der Waals surface area contributed by atoms with Crippen LogP contribution in [-0.2, 0) is 6.42 Å². The predicted molar refractivity (Wildman–Crippen MR) is 84.6 cm³/mol. The molecule has 1 aromatic rings. The minimum Gasteiger partial charge on any atom is -0.207 e. The van der Waals surface area contributed by atoms with Gasteiger partial charge in [0.1, 0.15) is 5.82 Å². The fourth-order valence-electron chi connectivity index (χ4n) is 3.40. The van der Waals surface area contributed by atoms with E-state index in [1.54, 1.807) is 12.1 Å². The van der Waals surface area contributed by atoms with Crippen LogP contribution in [0.1, 0.15) is 52.0 Å². The fraction of sp³-hybridized carbons (Fsp3) is 0.667. The lowest BCUT2D eigenvalue weighted by molar-refractivity contribution is 0.148. The average molecular weight is 297 g/mol. The standard InChI is InChI=1S/C18H26ClF/c1-18(2,3)15-9-7-14(8-10-15)17(19)12-13-5-4-6-16(20)11-13/h4-6,11,14-15,17H,7-10,12H2,1-3H3. The Hall–Kier alpha value is -0.560. The summed E-state index contributed by atoms with van der Waals surface area (Å²) < 4.78 is 13.2. The molecule has 0 aliphatic heterocycles. The zero-order valence-corrected chi connectivity index (χ0v) is 13.6. The van der Waals surface area contributed by atoms with Crippen molar-refractivity contribution in [2.45, 2.75) is 58.3 Å². The van der Waals surface area contributed by atoms with Crippen molar-refractivity contribution < 1.29 is 4.39 Å². The van der Waals surface area contributed by atoms with E-state index >= 15 is 0 Å². The molecule has 1 unspecified atom stereocenters. The smallest absolute Gasteiger partial charge is 0.123 e. The second-order valence-corrected chi connectivity index (χ2v) is 7.89. The summed E-state index contributed by atoms with van der Waals surface area (Å²) in [5, 5.41) is 0.137. The number of benzene rings is 1. The summed E-state index contributed by atoms with van der Waals surface area (Å²) in [6.45, 7) is 7.01. The predicted octanol–water partition coefficient (Wildman–Crippen LogP) is 5.83. The third kappa shape index (κ3) is 4.22. The van der Waals surface area contributed by atoms with Gasteiger partial charge in [0.25, 0.3) is 0 Å². The van der Waals surface area contributed by atoms with Crippen molar-refractivity contribution >= 4 is 11.6 Å². The third-order valence-electron chi connectivity index (χ3n) is 4.83. The lowest BCUT2D eigenvalue weighted by Crippen LogP contribution is -2.29. The van der Waals surface area contributed by atoms with Gasteiger partial charge in [0.15, 0.2) is 0 Å². The molecule has 1 aliphatic carbocycles. The summed E-state index contributed by atoms with van der Waals surface area (Å²) in [6.07, 6.45) is 5.77. The van der Waals surface area contributed by atoms with Gasteiger partial charge in [-0.05, 0) is 67.1 Å². The Morgan fingerprint density at radius 3 is 2.40 bits per heavy atom. The Balaban J connectivity index is 1.87. The highest BCUT2D eigenvalue weighted by atomic mass is 35.5. The number of rotatable bonds is 3. The molecule has 0 nitrogen and oxygen atoms in total. The van der Waals surface area contributed by atoms with Gasteiger partial charge >= 0.3 is 0 Å². The quantitative estimate of drug-likeness (QED) is 0.616. The van der Waals surface area contributed by atoms with Crippen molar-refractivity contribution in [2.24, 2.45) is 17.3 Å². The maximum atomic E-state index is 13.2. The van der Waals surface area contributed by atoms with Gasteiger partial charge in [-0.2, -0.15) is 0 Å². The highest BCUT2D eigenvalue weighted by molar-refractivity contribution is 6.20. The van der Waals surface area contributed by atoms with Gasteiger partial charge in [0.05, 0.1) is 0 Å². The third-order valence-corrected chi connectivity index (χ3v) is 5.34. The number of halogens is 2. The van der Waals surface area contributed by atoms with Gasteiger partial charge in [-0.3, -0.25) is 0 Å². The molecule has 0 spiro atoms. The molecule has 0 heterocycles. The van der Waals surface area contributed by atoms with E-state index in [1.165, 1.54) is 31.7 Å². The maximum absolute atomic E-state index is 13.2. The minimum absolute atomic E-state index is 0.137. The van der Waals surface area contributed by atoms with Crippen molar-refractivity contribution in [3.63, 3.8) is 0 Å². The van der Waals surface area contributed by atoms with Crippen LogP contribution in [-0.4, -0.2) is 5.38 Å². The zero-order chi connectivity index (χ0) is 14.8. The molecule has 0 N–H and O–H groups in total. The molecule has 0 bridgehead atoms.